The molecule has 3 rings (SSSR count). The van der Waals surface area contributed by atoms with Gasteiger partial charge in [-0.2, -0.15) is 0 Å². The molecule has 8 nitrogen and oxygen atoms in total. The molecule has 1 fully saturated rings. The van der Waals surface area contributed by atoms with Crippen molar-refractivity contribution >= 4 is 17.7 Å². The van der Waals surface area contributed by atoms with Crippen molar-refractivity contribution in [3.63, 3.8) is 0 Å². The van der Waals surface area contributed by atoms with Crippen molar-refractivity contribution in [2.45, 2.75) is 51.1 Å². The fourth-order valence-corrected chi connectivity index (χ4v) is 4.09. The molecule has 2 aromatic rings. The molecule has 1 saturated carbocycles. The van der Waals surface area contributed by atoms with Crippen LogP contribution in [0.4, 0.5) is 0 Å². The maximum atomic E-state index is 13.5. The molecule has 1 aliphatic carbocycles. The molecule has 1 aromatic carbocycles. The van der Waals surface area contributed by atoms with E-state index in [9.17, 15) is 14.4 Å². The molecule has 0 unspecified atom stereocenters. The zero-order valence-electron chi connectivity index (χ0n) is 19.3. The maximum Gasteiger partial charge on any atom is 0.287 e. The quantitative estimate of drug-likeness (QED) is 0.574. The molecular weight excluding hydrogens is 422 g/mol. The van der Waals surface area contributed by atoms with Crippen LogP contribution in [0.25, 0.3) is 0 Å². The highest BCUT2D eigenvalue weighted by atomic mass is 16.5. The van der Waals surface area contributed by atoms with Gasteiger partial charge in [0.2, 0.25) is 11.8 Å². The molecule has 1 aliphatic rings. The second-order valence-corrected chi connectivity index (χ2v) is 8.40. The maximum absolute atomic E-state index is 13.5. The number of hydrogen-bond donors (Lipinski definition) is 2. The van der Waals surface area contributed by atoms with Crippen LogP contribution < -0.4 is 10.6 Å². The van der Waals surface area contributed by atoms with E-state index in [0.717, 1.165) is 36.8 Å². The minimum atomic E-state index is -0.823. The van der Waals surface area contributed by atoms with Gasteiger partial charge in [-0.1, -0.05) is 49.1 Å². The average Bonchev–Trinajstić information content (AvgIpc) is 3.36. The monoisotopic (exact) mass is 455 g/mol. The van der Waals surface area contributed by atoms with Gasteiger partial charge in [0.05, 0.1) is 19.4 Å². The molecule has 0 spiro atoms. The summed E-state index contributed by atoms with van der Waals surface area (Å²) >= 11 is 0. The second-order valence-electron chi connectivity index (χ2n) is 8.40. The summed E-state index contributed by atoms with van der Waals surface area (Å²) in [7, 11) is 1.55. The summed E-state index contributed by atoms with van der Waals surface area (Å²) in [5.74, 6) is -0.959. The van der Waals surface area contributed by atoms with Gasteiger partial charge < -0.3 is 24.7 Å². The molecule has 1 aromatic heterocycles. The number of benzene rings is 1. The summed E-state index contributed by atoms with van der Waals surface area (Å²) < 4.78 is 10.3. The van der Waals surface area contributed by atoms with Crippen LogP contribution in [0.15, 0.2) is 47.1 Å². The van der Waals surface area contributed by atoms with Gasteiger partial charge in [0.25, 0.3) is 5.91 Å². The predicted octanol–water partition coefficient (Wildman–Crippen LogP) is 2.98. The SMILES string of the molecule is COCCN(C(=O)CNC(=O)c1ccco1)[C@H](C(=O)NC1CCCCC1)c1ccc(C)cc1. The summed E-state index contributed by atoms with van der Waals surface area (Å²) in [5, 5.41) is 5.74. The van der Waals surface area contributed by atoms with Crippen LogP contribution >= 0.6 is 0 Å². The number of methoxy groups -OCH3 is 1. The molecule has 3 amide bonds. The number of nitrogens with zero attached hydrogens (tertiary/aromatic N) is 1. The van der Waals surface area contributed by atoms with E-state index >= 15 is 0 Å². The number of aryl methyl sites for hydroxylation is 1. The summed E-state index contributed by atoms with van der Waals surface area (Å²) in [6.45, 7) is 2.18. The lowest BCUT2D eigenvalue weighted by Gasteiger charge is -2.33. The van der Waals surface area contributed by atoms with Gasteiger partial charge in [-0.3, -0.25) is 14.4 Å². The Hall–Kier alpha value is -3.13. The molecule has 1 atom stereocenters. The van der Waals surface area contributed by atoms with Gasteiger partial charge in [-0.15, -0.1) is 0 Å². The molecule has 178 valence electrons. The van der Waals surface area contributed by atoms with Crippen LogP contribution in [0.2, 0.25) is 0 Å². The average molecular weight is 456 g/mol. The highest BCUT2D eigenvalue weighted by molar-refractivity contribution is 5.95. The number of furan rings is 1. The third kappa shape index (κ3) is 6.92. The number of amides is 3. The smallest absolute Gasteiger partial charge is 0.287 e. The van der Waals surface area contributed by atoms with Crippen molar-refractivity contribution in [2.75, 3.05) is 26.8 Å². The Kier molecular flexibility index (Phi) is 9.06. The Morgan fingerprint density at radius 1 is 1.12 bits per heavy atom. The second kappa shape index (κ2) is 12.2. The van der Waals surface area contributed by atoms with Gasteiger partial charge in [0.1, 0.15) is 6.04 Å². The molecule has 2 N–H and O–H groups in total. The summed E-state index contributed by atoms with van der Waals surface area (Å²) in [4.78, 5) is 40.5. The first-order chi connectivity index (χ1) is 16.0. The Labute approximate surface area is 194 Å². The Bertz CT molecular complexity index is 905. The summed E-state index contributed by atoms with van der Waals surface area (Å²) in [6.07, 6.45) is 6.64. The molecular formula is C25H33N3O5. The summed E-state index contributed by atoms with van der Waals surface area (Å²) in [5.41, 5.74) is 1.78. The Balaban J connectivity index is 1.81. The minimum absolute atomic E-state index is 0.109. The van der Waals surface area contributed by atoms with Gasteiger partial charge in [0, 0.05) is 19.7 Å². The van der Waals surface area contributed by atoms with Crippen LogP contribution in [0.5, 0.6) is 0 Å². The minimum Gasteiger partial charge on any atom is -0.459 e. The van der Waals surface area contributed by atoms with Gasteiger partial charge in [-0.25, -0.2) is 0 Å². The lowest BCUT2D eigenvalue weighted by Crippen LogP contribution is -2.50. The third-order valence-corrected chi connectivity index (χ3v) is 5.91. The van der Waals surface area contributed by atoms with E-state index in [0.29, 0.717) is 0 Å². The van der Waals surface area contributed by atoms with Crippen molar-refractivity contribution < 1.29 is 23.5 Å². The number of carbonyl (C=O) groups is 3. The van der Waals surface area contributed by atoms with Gasteiger partial charge >= 0.3 is 0 Å². The van der Waals surface area contributed by atoms with Crippen molar-refractivity contribution in [3.8, 4) is 0 Å². The van der Waals surface area contributed by atoms with Gasteiger partial charge in [0.15, 0.2) is 5.76 Å². The number of ether oxygens (including phenoxy) is 1. The third-order valence-electron chi connectivity index (χ3n) is 5.91. The first-order valence-electron chi connectivity index (χ1n) is 11.5. The number of nitrogens with one attached hydrogen (secondary N) is 2. The molecule has 1 heterocycles. The van der Waals surface area contributed by atoms with Crippen LogP contribution in [-0.2, 0) is 14.3 Å². The lowest BCUT2D eigenvalue weighted by atomic mass is 9.94. The molecule has 33 heavy (non-hydrogen) atoms. The topological polar surface area (TPSA) is 101 Å². The number of hydrogen-bond acceptors (Lipinski definition) is 5. The Morgan fingerprint density at radius 3 is 2.48 bits per heavy atom. The first-order valence-corrected chi connectivity index (χ1v) is 11.5. The van der Waals surface area contributed by atoms with E-state index in [1.54, 1.807) is 13.2 Å². The molecule has 0 radical (unpaired) electrons. The van der Waals surface area contributed by atoms with E-state index in [2.05, 4.69) is 10.6 Å². The fraction of sp³-hybridized carbons (Fsp3) is 0.480. The van der Waals surface area contributed by atoms with Crippen LogP contribution in [0.3, 0.4) is 0 Å². The molecule has 8 heteroatoms. The number of carbonyl (C=O) groups excluding carboxylic acids is 3. The summed E-state index contributed by atoms with van der Waals surface area (Å²) in [6, 6.07) is 10.00. The molecule has 0 bridgehead atoms. The van der Waals surface area contributed by atoms with E-state index in [1.165, 1.54) is 23.7 Å². The van der Waals surface area contributed by atoms with Gasteiger partial charge in [-0.05, 0) is 37.5 Å². The normalized spacial score (nSPS) is 15.0. The Morgan fingerprint density at radius 2 is 1.85 bits per heavy atom. The zero-order chi connectivity index (χ0) is 23.6. The van der Waals surface area contributed by atoms with Crippen LogP contribution in [0, 0.1) is 6.92 Å². The van der Waals surface area contributed by atoms with Crippen molar-refractivity contribution in [1.29, 1.82) is 0 Å². The highest BCUT2D eigenvalue weighted by Crippen LogP contribution is 2.24. The van der Waals surface area contributed by atoms with E-state index < -0.39 is 11.9 Å². The standard InChI is InChI=1S/C25H33N3O5/c1-18-10-12-19(13-11-18)23(25(31)27-20-7-4-3-5-8-20)28(14-16-32-2)22(29)17-26-24(30)21-9-6-15-33-21/h6,9-13,15,20,23H,3-5,7-8,14,16-17H2,1-2H3,(H,26,30)(H,27,31)/t23-/m0/s1. The predicted molar refractivity (Wildman–Crippen MR) is 124 cm³/mol. The van der Waals surface area contributed by atoms with Crippen molar-refractivity contribution in [2.24, 2.45) is 0 Å². The van der Waals surface area contributed by atoms with E-state index in [1.807, 2.05) is 31.2 Å². The lowest BCUT2D eigenvalue weighted by molar-refractivity contribution is -0.141. The van der Waals surface area contributed by atoms with Crippen LogP contribution in [-0.4, -0.2) is 55.5 Å². The highest BCUT2D eigenvalue weighted by Gasteiger charge is 2.32. The fourth-order valence-electron chi connectivity index (χ4n) is 4.09. The van der Waals surface area contributed by atoms with E-state index in [-0.39, 0.29) is 43.3 Å². The van der Waals surface area contributed by atoms with E-state index in [4.69, 9.17) is 9.15 Å². The molecule has 0 aliphatic heterocycles. The van der Waals surface area contributed by atoms with Crippen molar-refractivity contribution in [1.82, 2.24) is 15.5 Å². The number of rotatable bonds is 10. The first kappa shape index (κ1) is 24.5. The molecule has 0 saturated heterocycles. The zero-order valence-corrected chi connectivity index (χ0v) is 19.3. The largest absolute Gasteiger partial charge is 0.459 e. The van der Waals surface area contributed by atoms with Crippen LogP contribution in [0.1, 0.15) is 59.8 Å². The van der Waals surface area contributed by atoms with Crippen molar-refractivity contribution in [3.05, 3.63) is 59.5 Å².